The summed E-state index contributed by atoms with van der Waals surface area (Å²) in [5.41, 5.74) is 3.16. The number of benzene rings is 2. The summed E-state index contributed by atoms with van der Waals surface area (Å²) in [6, 6.07) is 16.0. The molecule has 0 aromatic heterocycles. The lowest BCUT2D eigenvalue weighted by Gasteiger charge is -2.28. The molecule has 0 spiro atoms. The fraction of sp³-hybridized carbons (Fsp3) is 0.222. The van der Waals surface area contributed by atoms with Gasteiger partial charge in [-0.1, -0.05) is 41.9 Å². The third-order valence-corrected chi connectivity index (χ3v) is 5.74. The molecule has 0 fully saturated rings. The maximum absolute atomic E-state index is 12.1. The molecule has 4 rings (SSSR count). The van der Waals surface area contributed by atoms with Crippen LogP contribution in [0.5, 0.6) is 0 Å². The molecule has 116 valence electrons. The van der Waals surface area contributed by atoms with Crippen molar-refractivity contribution < 1.29 is 4.79 Å². The molecule has 3 nitrogen and oxygen atoms in total. The second-order valence-corrected chi connectivity index (χ2v) is 7.26. The highest BCUT2D eigenvalue weighted by atomic mass is 35.5. The maximum atomic E-state index is 12.1. The predicted octanol–water partition coefficient (Wildman–Crippen LogP) is 4.37. The second kappa shape index (κ2) is 5.69. The molecule has 23 heavy (non-hydrogen) atoms. The Morgan fingerprint density at radius 2 is 2.04 bits per heavy atom. The van der Waals surface area contributed by atoms with Crippen LogP contribution in [-0.2, 0) is 4.79 Å². The van der Waals surface area contributed by atoms with Gasteiger partial charge in [0, 0.05) is 34.1 Å². The van der Waals surface area contributed by atoms with Crippen LogP contribution in [0.3, 0.4) is 0 Å². The Morgan fingerprint density at radius 3 is 2.78 bits per heavy atom. The largest absolute Gasteiger partial charge is 0.273 e. The van der Waals surface area contributed by atoms with Gasteiger partial charge in [0.2, 0.25) is 5.91 Å². The fourth-order valence-corrected chi connectivity index (χ4v) is 4.65. The summed E-state index contributed by atoms with van der Waals surface area (Å²) < 4.78 is 0. The van der Waals surface area contributed by atoms with Crippen molar-refractivity contribution in [3.8, 4) is 0 Å². The van der Waals surface area contributed by atoms with Crippen LogP contribution in [-0.4, -0.2) is 22.4 Å². The van der Waals surface area contributed by atoms with Crippen molar-refractivity contribution in [2.75, 3.05) is 5.75 Å². The van der Waals surface area contributed by atoms with E-state index < -0.39 is 0 Å². The van der Waals surface area contributed by atoms with Crippen LogP contribution in [0, 0.1) is 5.92 Å². The molecule has 2 heterocycles. The van der Waals surface area contributed by atoms with Crippen molar-refractivity contribution in [3.05, 3.63) is 64.7 Å². The van der Waals surface area contributed by atoms with Gasteiger partial charge in [0.15, 0.2) is 0 Å². The molecular formula is C18H15ClN2OS. The van der Waals surface area contributed by atoms with Crippen molar-refractivity contribution in [2.45, 2.75) is 17.9 Å². The summed E-state index contributed by atoms with van der Waals surface area (Å²) in [6.45, 7) is 1.57. The molecule has 0 saturated carbocycles. The van der Waals surface area contributed by atoms with Crippen molar-refractivity contribution in [1.29, 1.82) is 0 Å². The first kappa shape index (κ1) is 14.8. The normalized spacial score (nSPS) is 22.3. The third-order valence-electron chi connectivity index (χ3n) is 4.31. The highest BCUT2D eigenvalue weighted by molar-refractivity contribution is 7.99. The quantitative estimate of drug-likeness (QED) is 0.771. The van der Waals surface area contributed by atoms with Crippen LogP contribution < -0.4 is 0 Å². The number of halogens is 1. The summed E-state index contributed by atoms with van der Waals surface area (Å²) >= 11 is 7.98. The van der Waals surface area contributed by atoms with Crippen molar-refractivity contribution in [2.24, 2.45) is 11.0 Å². The molecule has 0 unspecified atom stereocenters. The van der Waals surface area contributed by atoms with E-state index in [1.165, 1.54) is 4.90 Å². The number of hydrogen-bond donors (Lipinski definition) is 0. The number of hydrogen-bond acceptors (Lipinski definition) is 3. The van der Waals surface area contributed by atoms with E-state index >= 15 is 0 Å². The third kappa shape index (κ3) is 2.46. The summed E-state index contributed by atoms with van der Waals surface area (Å²) in [6.07, 6.45) is 0. The van der Waals surface area contributed by atoms with Gasteiger partial charge < -0.3 is 0 Å². The van der Waals surface area contributed by atoms with Crippen molar-refractivity contribution >= 4 is 35.0 Å². The number of nitrogens with zero attached hydrogens (tertiary/aromatic N) is 2. The van der Waals surface area contributed by atoms with Gasteiger partial charge >= 0.3 is 0 Å². The van der Waals surface area contributed by atoms with Crippen molar-refractivity contribution in [3.63, 3.8) is 0 Å². The number of thioether (sulfide) groups is 1. The van der Waals surface area contributed by atoms with E-state index in [1.54, 1.807) is 11.9 Å². The zero-order valence-electron chi connectivity index (χ0n) is 12.6. The van der Waals surface area contributed by atoms with Gasteiger partial charge in [-0.2, -0.15) is 5.10 Å². The summed E-state index contributed by atoms with van der Waals surface area (Å²) in [5.74, 6) is 1.07. The van der Waals surface area contributed by atoms with Gasteiger partial charge in [0.05, 0.1) is 11.8 Å². The minimum Gasteiger partial charge on any atom is -0.273 e. The monoisotopic (exact) mass is 342 g/mol. The van der Waals surface area contributed by atoms with E-state index in [2.05, 4.69) is 17.2 Å². The molecular weight excluding hydrogens is 328 g/mol. The average molecular weight is 343 g/mol. The Bertz CT molecular complexity index is 806. The minimum absolute atomic E-state index is 0.0330. The Hall–Kier alpha value is -1.78. The van der Waals surface area contributed by atoms with E-state index in [0.717, 1.165) is 22.6 Å². The van der Waals surface area contributed by atoms with Gasteiger partial charge in [0.1, 0.15) is 0 Å². The summed E-state index contributed by atoms with van der Waals surface area (Å²) in [5, 5.41) is 7.01. The summed E-state index contributed by atoms with van der Waals surface area (Å²) in [4.78, 5) is 13.3. The zero-order chi connectivity index (χ0) is 16.0. The molecule has 2 aromatic carbocycles. The van der Waals surface area contributed by atoms with Crippen LogP contribution >= 0.6 is 23.4 Å². The number of rotatable bonds is 1. The van der Waals surface area contributed by atoms with Crippen molar-refractivity contribution in [1.82, 2.24) is 5.01 Å². The van der Waals surface area contributed by atoms with Crippen LogP contribution in [0.4, 0.5) is 0 Å². The lowest BCUT2D eigenvalue weighted by Crippen LogP contribution is -2.31. The zero-order valence-corrected chi connectivity index (χ0v) is 14.1. The SMILES string of the molecule is CC(=O)N1N=C2c3cc(Cl)ccc3SC[C@@H]2[C@H]1c1ccccc1. The topological polar surface area (TPSA) is 32.7 Å². The Kier molecular flexibility index (Phi) is 3.66. The molecule has 2 aliphatic rings. The molecule has 0 N–H and O–H groups in total. The van der Waals surface area contributed by atoms with Crippen LogP contribution in [0.1, 0.15) is 24.1 Å². The Labute approximate surface area is 144 Å². The van der Waals surface area contributed by atoms with E-state index in [1.807, 2.05) is 48.2 Å². The Morgan fingerprint density at radius 1 is 1.26 bits per heavy atom. The predicted molar refractivity (Wildman–Crippen MR) is 93.9 cm³/mol. The van der Waals surface area contributed by atoms with Gasteiger partial charge in [0.25, 0.3) is 0 Å². The molecule has 5 heteroatoms. The van der Waals surface area contributed by atoms with Crippen LogP contribution in [0.2, 0.25) is 5.02 Å². The number of carbonyl (C=O) groups excluding carboxylic acids is 1. The highest BCUT2D eigenvalue weighted by Crippen LogP contribution is 2.45. The number of carbonyl (C=O) groups is 1. The molecule has 0 aliphatic carbocycles. The smallest absolute Gasteiger partial charge is 0.240 e. The molecule has 0 radical (unpaired) electrons. The fourth-order valence-electron chi connectivity index (χ4n) is 3.29. The van der Waals surface area contributed by atoms with E-state index in [-0.39, 0.29) is 17.9 Å². The number of amides is 1. The van der Waals surface area contributed by atoms with Gasteiger partial charge in [-0.3, -0.25) is 4.79 Å². The van der Waals surface area contributed by atoms with Crippen LogP contribution in [0.15, 0.2) is 58.5 Å². The first-order valence-corrected chi connectivity index (χ1v) is 8.87. The first-order valence-electron chi connectivity index (χ1n) is 7.51. The first-order chi connectivity index (χ1) is 11.1. The van der Waals surface area contributed by atoms with Gasteiger partial charge in [-0.05, 0) is 23.8 Å². The molecule has 0 saturated heterocycles. The average Bonchev–Trinajstić information content (AvgIpc) is 2.96. The molecule has 1 amide bonds. The molecule has 2 aromatic rings. The second-order valence-electron chi connectivity index (χ2n) is 5.76. The van der Waals surface area contributed by atoms with E-state index in [9.17, 15) is 4.79 Å². The lowest BCUT2D eigenvalue weighted by atomic mass is 9.88. The molecule has 2 aliphatic heterocycles. The highest BCUT2D eigenvalue weighted by Gasteiger charge is 2.43. The van der Waals surface area contributed by atoms with Gasteiger partial charge in [-0.15, -0.1) is 11.8 Å². The van der Waals surface area contributed by atoms with E-state index in [0.29, 0.717) is 5.02 Å². The number of hydrazone groups is 1. The Balaban J connectivity index is 1.83. The maximum Gasteiger partial charge on any atom is 0.240 e. The van der Waals surface area contributed by atoms with Gasteiger partial charge in [-0.25, -0.2) is 5.01 Å². The number of fused-ring (bicyclic) bond motifs is 3. The lowest BCUT2D eigenvalue weighted by molar-refractivity contribution is -0.131. The molecule has 0 bridgehead atoms. The summed E-state index contributed by atoms with van der Waals surface area (Å²) in [7, 11) is 0. The standard InChI is InChI=1S/C18H15ClN2OS/c1-11(22)21-18(12-5-3-2-4-6-12)15-10-23-16-8-7-13(19)9-14(16)17(15)20-21/h2-9,15,18H,10H2,1H3/t15-,18+/m0/s1. The van der Waals surface area contributed by atoms with Crippen LogP contribution in [0.25, 0.3) is 0 Å². The van der Waals surface area contributed by atoms with E-state index in [4.69, 9.17) is 11.6 Å². The minimum atomic E-state index is -0.0386. The molecule has 2 atom stereocenters.